The molecule has 0 aromatic heterocycles. The SMILES string of the molecule is CC(=O)NC(CNCC1(C)COC1)C(=O)O. The van der Waals surface area contributed by atoms with Crippen molar-refractivity contribution in [1.82, 2.24) is 10.6 Å². The Labute approximate surface area is 94.3 Å². The Morgan fingerprint density at radius 2 is 2.12 bits per heavy atom. The van der Waals surface area contributed by atoms with Crippen LogP contribution in [-0.4, -0.2) is 49.3 Å². The molecule has 1 atom stereocenters. The molecule has 0 aromatic carbocycles. The van der Waals surface area contributed by atoms with Crippen LogP contribution in [0.2, 0.25) is 0 Å². The van der Waals surface area contributed by atoms with E-state index in [1.165, 1.54) is 6.92 Å². The van der Waals surface area contributed by atoms with Crippen molar-refractivity contribution in [3.63, 3.8) is 0 Å². The second-order valence-corrected chi connectivity index (χ2v) is 4.53. The van der Waals surface area contributed by atoms with Gasteiger partial charge in [-0.25, -0.2) is 4.79 Å². The average Bonchev–Trinajstić information content (AvgIpc) is 2.12. The monoisotopic (exact) mass is 230 g/mol. The van der Waals surface area contributed by atoms with Crippen molar-refractivity contribution < 1.29 is 19.4 Å². The minimum absolute atomic E-state index is 0.0965. The van der Waals surface area contributed by atoms with Gasteiger partial charge in [-0.1, -0.05) is 6.92 Å². The van der Waals surface area contributed by atoms with Crippen LogP contribution < -0.4 is 10.6 Å². The molecule has 0 bridgehead atoms. The van der Waals surface area contributed by atoms with Gasteiger partial charge in [0.1, 0.15) is 6.04 Å². The molecule has 0 radical (unpaired) electrons. The molecule has 1 unspecified atom stereocenters. The first-order valence-corrected chi connectivity index (χ1v) is 5.21. The van der Waals surface area contributed by atoms with Crippen molar-refractivity contribution in [1.29, 1.82) is 0 Å². The van der Waals surface area contributed by atoms with Gasteiger partial charge in [0, 0.05) is 25.4 Å². The molecule has 0 aliphatic carbocycles. The number of carboxylic acid groups (broad SMARTS) is 1. The van der Waals surface area contributed by atoms with E-state index in [9.17, 15) is 9.59 Å². The smallest absolute Gasteiger partial charge is 0.327 e. The molecule has 1 heterocycles. The molecule has 1 fully saturated rings. The first kappa shape index (κ1) is 12.9. The summed E-state index contributed by atoms with van der Waals surface area (Å²) in [4.78, 5) is 21.6. The Balaban J connectivity index is 2.26. The van der Waals surface area contributed by atoms with E-state index in [0.29, 0.717) is 19.8 Å². The van der Waals surface area contributed by atoms with Crippen LogP contribution >= 0.6 is 0 Å². The third-order valence-corrected chi connectivity index (χ3v) is 2.48. The fraction of sp³-hybridized carbons (Fsp3) is 0.800. The predicted molar refractivity (Wildman–Crippen MR) is 57.0 cm³/mol. The zero-order valence-corrected chi connectivity index (χ0v) is 9.58. The molecule has 0 aromatic rings. The van der Waals surface area contributed by atoms with Crippen molar-refractivity contribution in [3.8, 4) is 0 Å². The summed E-state index contributed by atoms with van der Waals surface area (Å²) in [7, 11) is 0. The molecule has 1 aliphatic rings. The summed E-state index contributed by atoms with van der Waals surface area (Å²) in [5.74, 6) is -1.37. The molecule has 0 spiro atoms. The van der Waals surface area contributed by atoms with Gasteiger partial charge in [-0.05, 0) is 0 Å². The van der Waals surface area contributed by atoms with Crippen molar-refractivity contribution in [2.24, 2.45) is 5.41 Å². The Kier molecular flexibility index (Phi) is 4.26. The summed E-state index contributed by atoms with van der Waals surface area (Å²) in [5.41, 5.74) is 0.0965. The molecule has 6 nitrogen and oxygen atoms in total. The van der Waals surface area contributed by atoms with Crippen LogP contribution in [0.5, 0.6) is 0 Å². The first-order valence-electron chi connectivity index (χ1n) is 5.21. The summed E-state index contributed by atoms with van der Waals surface area (Å²) >= 11 is 0. The molecule has 1 amide bonds. The van der Waals surface area contributed by atoms with Gasteiger partial charge >= 0.3 is 5.97 Å². The fourth-order valence-electron chi connectivity index (χ4n) is 1.52. The molecule has 0 saturated carbocycles. The number of hydrogen-bond acceptors (Lipinski definition) is 4. The molecule has 16 heavy (non-hydrogen) atoms. The van der Waals surface area contributed by atoms with Crippen LogP contribution in [-0.2, 0) is 14.3 Å². The maximum absolute atomic E-state index is 10.8. The van der Waals surface area contributed by atoms with E-state index in [1.807, 2.05) is 0 Å². The summed E-state index contributed by atoms with van der Waals surface area (Å²) in [6.45, 7) is 5.67. The van der Waals surface area contributed by atoms with Gasteiger partial charge in [-0.15, -0.1) is 0 Å². The van der Waals surface area contributed by atoms with Gasteiger partial charge in [-0.3, -0.25) is 4.79 Å². The number of nitrogens with one attached hydrogen (secondary N) is 2. The molecule has 3 N–H and O–H groups in total. The Morgan fingerprint density at radius 1 is 1.50 bits per heavy atom. The predicted octanol–water partition coefficient (Wildman–Crippen LogP) is -0.798. The second-order valence-electron chi connectivity index (χ2n) is 4.53. The maximum atomic E-state index is 10.8. The third-order valence-electron chi connectivity index (χ3n) is 2.48. The van der Waals surface area contributed by atoms with E-state index < -0.39 is 12.0 Å². The van der Waals surface area contributed by atoms with Gasteiger partial charge in [0.15, 0.2) is 0 Å². The standard InChI is InChI=1S/C10H18N2O4/c1-7(13)12-8(9(14)15)3-11-4-10(2)5-16-6-10/h8,11H,3-6H2,1-2H3,(H,12,13)(H,14,15). The Bertz CT molecular complexity index is 276. The van der Waals surface area contributed by atoms with E-state index in [4.69, 9.17) is 9.84 Å². The number of aliphatic carboxylic acids is 1. The van der Waals surface area contributed by atoms with Crippen molar-refractivity contribution in [3.05, 3.63) is 0 Å². The van der Waals surface area contributed by atoms with E-state index in [2.05, 4.69) is 17.6 Å². The summed E-state index contributed by atoms with van der Waals surface area (Å²) in [5, 5.41) is 14.3. The summed E-state index contributed by atoms with van der Waals surface area (Å²) in [6.07, 6.45) is 0. The molecule has 1 saturated heterocycles. The minimum atomic E-state index is -1.03. The van der Waals surface area contributed by atoms with E-state index in [-0.39, 0.29) is 17.9 Å². The normalized spacial score (nSPS) is 19.6. The highest BCUT2D eigenvalue weighted by Gasteiger charge is 2.33. The topological polar surface area (TPSA) is 87.7 Å². The number of carboxylic acids is 1. The largest absolute Gasteiger partial charge is 0.480 e. The van der Waals surface area contributed by atoms with E-state index >= 15 is 0 Å². The number of amides is 1. The highest BCUT2D eigenvalue weighted by molar-refractivity contribution is 5.82. The summed E-state index contributed by atoms with van der Waals surface area (Å²) in [6, 6.07) is -0.873. The minimum Gasteiger partial charge on any atom is -0.480 e. The molecule has 1 rings (SSSR count). The van der Waals surface area contributed by atoms with Gasteiger partial charge < -0.3 is 20.5 Å². The van der Waals surface area contributed by atoms with Crippen LogP contribution in [0.1, 0.15) is 13.8 Å². The van der Waals surface area contributed by atoms with Crippen LogP contribution in [0.25, 0.3) is 0 Å². The van der Waals surface area contributed by atoms with Gasteiger partial charge in [0.05, 0.1) is 13.2 Å². The average molecular weight is 230 g/mol. The van der Waals surface area contributed by atoms with Crippen LogP contribution in [0.15, 0.2) is 0 Å². The molecule has 92 valence electrons. The summed E-state index contributed by atoms with van der Waals surface area (Å²) < 4.78 is 5.08. The lowest BCUT2D eigenvalue weighted by atomic mass is 9.89. The van der Waals surface area contributed by atoms with Gasteiger partial charge in [0.25, 0.3) is 0 Å². The van der Waals surface area contributed by atoms with Crippen LogP contribution in [0, 0.1) is 5.41 Å². The Hall–Kier alpha value is -1.14. The lowest BCUT2D eigenvalue weighted by Gasteiger charge is -2.38. The van der Waals surface area contributed by atoms with Gasteiger partial charge in [0.2, 0.25) is 5.91 Å². The maximum Gasteiger partial charge on any atom is 0.327 e. The zero-order chi connectivity index (χ0) is 12.2. The van der Waals surface area contributed by atoms with Crippen molar-refractivity contribution in [2.75, 3.05) is 26.3 Å². The van der Waals surface area contributed by atoms with Crippen LogP contribution in [0.3, 0.4) is 0 Å². The Morgan fingerprint density at radius 3 is 2.50 bits per heavy atom. The number of ether oxygens (including phenoxy) is 1. The number of rotatable bonds is 6. The zero-order valence-electron chi connectivity index (χ0n) is 9.58. The highest BCUT2D eigenvalue weighted by Crippen LogP contribution is 2.24. The number of hydrogen-bond donors (Lipinski definition) is 3. The number of carbonyl (C=O) groups excluding carboxylic acids is 1. The second kappa shape index (κ2) is 5.27. The third kappa shape index (κ3) is 3.79. The molecular formula is C10H18N2O4. The van der Waals surface area contributed by atoms with E-state index in [0.717, 1.165) is 0 Å². The van der Waals surface area contributed by atoms with Crippen molar-refractivity contribution >= 4 is 11.9 Å². The quantitative estimate of drug-likeness (QED) is 0.556. The fourth-order valence-corrected chi connectivity index (χ4v) is 1.52. The lowest BCUT2D eigenvalue weighted by molar-refractivity contribution is -0.141. The molecule has 6 heteroatoms. The molecule has 1 aliphatic heterocycles. The van der Waals surface area contributed by atoms with Crippen LogP contribution in [0.4, 0.5) is 0 Å². The number of carbonyl (C=O) groups is 2. The van der Waals surface area contributed by atoms with E-state index in [1.54, 1.807) is 0 Å². The van der Waals surface area contributed by atoms with Gasteiger partial charge in [-0.2, -0.15) is 0 Å². The van der Waals surface area contributed by atoms with Crippen molar-refractivity contribution in [2.45, 2.75) is 19.9 Å². The first-order chi connectivity index (χ1) is 7.43. The lowest BCUT2D eigenvalue weighted by Crippen LogP contribution is -2.52. The highest BCUT2D eigenvalue weighted by atomic mass is 16.5. The molecular weight excluding hydrogens is 212 g/mol.